The van der Waals surface area contributed by atoms with Gasteiger partial charge in [0, 0.05) is 45.4 Å². The summed E-state index contributed by atoms with van der Waals surface area (Å²) in [5.41, 5.74) is 7.22. The van der Waals surface area contributed by atoms with E-state index in [2.05, 4.69) is 23.5 Å². The van der Waals surface area contributed by atoms with Crippen molar-refractivity contribution in [2.24, 2.45) is 0 Å². The van der Waals surface area contributed by atoms with Crippen LogP contribution in [0, 0.1) is 6.92 Å². The number of rotatable bonds is 1. The molecule has 1 atom stereocenters. The number of ketones is 1. The lowest BCUT2D eigenvalue weighted by Crippen LogP contribution is -2.27. The van der Waals surface area contributed by atoms with E-state index >= 15 is 0 Å². The van der Waals surface area contributed by atoms with Gasteiger partial charge in [0.2, 0.25) is 0 Å². The van der Waals surface area contributed by atoms with Gasteiger partial charge < -0.3 is 5.32 Å². The number of fused-ring (bicyclic) bond motifs is 3. The number of halogens is 1. The number of pyridine rings is 1. The van der Waals surface area contributed by atoms with E-state index in [4.69, 9.17) is 16.6 Å². The summed E-state index contributed by atoms with van der Waals surface area (Å²) >= 11 is 6.13. The molecule has 1 aliphatic heterocycles. The van der Waals surface area contributed by atoms with Crippen molar-refractivity contribution < 1.29 is 4.79 Å². The minimum Gasteiger partial charge on any atom is -0.358 e. The maximum atomic E-state index is 12.9. The maximum Gasteiger partial charge on any atom is 0.161 e. The standard InChI is InChI=1S/C23H19ClN2O/c1-13-5-10-16-17(25-13)11-12-19-22(16)21(14-6-8-15(24)9-7-14)23-18(26-19)3-2-4-20(23)27/h5-12,21,26H,2-4H2,1H3. The van der Waals surface area contributed by atoms with Crippen LogP contribution >= 0.6 is 11.6 Å². The molecule has 0 saturated heterocycles. The van der Waals surface area contributed by atoms with Crippen LogP contribution in [0.25, 0.3) is 10.9 Å². The Kier molecular flexibility index (Phi) is 3.80. The third-order valence-corrected chi connectivity index (χ3v) is 5.83. The topological polar surface area (TPSA) is 42.0 Å². The van der Waals surface area contributed by atoms with Crippen LogP contribution in [-0.4, -0.2) is 10.8 Å². The molecule has 27 heavy (non-hydrogen) atoms. The van der Waals surface area contributed by atoms with Crippen molar-refractivity contribution in [3.63, 3.8) is 0 Å². The van der Waals surface area contributed by atoms with E-state index in [0.29, 0.717) is 11.4 Å². The Labute approximate surface area is 163 Å². The zero-order chi connectivity index (χ0) is 18.5. The number of anilines is 1. The lowest BCUT2D eigenvalue weighted by atomic mass is 9.74. The number of aromatic nitrogens is 1. The van der Waals surface area contributed by atoms with Gasteiger partial charge in [-0.3, -0.25) is 9.78 Å². The van der Waals surface area contributed by atoms with Gasteiger partial charge in [-0.05, 0) is 61.2 Å². The summed E-state index contributed by atoms with van der Waals surface area (Å²) in [6.45, 7) is 2.00. The molecular formula is C23H19ClN2O. The molecule has 0 bridgehead atoms. The number of nitrogens with one attached hydrogen (secondary N) is 1. The normalized spacial score (nSPS) is 18.9. The SMILES string of the molecule is Cc1ccc2c3c(ccc2n1)NC1=C(C(=O)CCC1)C3c1ccc(Cl)cc1. The Balaban J connectivity index is 1.82. The summed E-state index contributed by atoms with van der Waals surface area (Å²) < 4.78 is 0. The van der Waals surface area contributed by atoms with Gasteiger partial charge in [0.1, 0.15) is 0 Å². The number of hydrogen-bond donors (Lipinski definition) is 1. The fourth-order valence-electron chi connectivity index (χ4n) is 4.37. The van der Waals surface area contributed by atoms with E-state index in [1.54, 1.807) is 0 Å². The number of nitrogens with zero attached hydrogens (tertiary/aromatic N) is 1. The number of Topliss-reactive ketones (excluding diaryl/α,β-unsaturated/α-hetero) is 1. The lowest BCUT2D eigenvalue weighted by Gasteiger charge is -2.35. The Hall–Kier alpha value is -2.65. The number of allylic oxidation sites excluding steroid dienone is 2. The highest BCUT2D eigenvalue weighted by Gasteiger charge is 2.36. The van der Waals surface area contributed by atoms with E-state index in [0.717, 1.165) is 57.5 Å². The Bertz CT molecular complexity index is 1120. The van der Waals surface area contributed by atoms with Crippen molar-refractivity contribution in [2.75, 3.05) is 5.32 Å². The third-order valence-electron chi connectivity index (χ3n) is 5.57. The first-order valence-electron chi connectivity index (χ1n) is 9.31. The molecule has 2 aliphatic rings. The molecule has 3 nitrogen and oxygen atoms in total. The lowest BCUT2D eigenvalue weighted by molar-refractivity contribution is -0.116. The molecule has 4 heteroatoms. The first-order chi connectivity index (χ1) is 13.1. The molecule has 2 heterocycles. The van der Waals surface area contributed by atoms with Crippen LogP contribution in [-0.2, 0) is 4.79 Å². The van der Waals surface area contributed by atoms with Crippen molar-refractivity contribution in [1.82, 2.24) is 4.98 Å². The minimum absolute atomic E-state index is 0.0884. The fraction of sp³-hybridized carbons (Fsp3) is 0.217. The predicted molar refractivity (Wildman–Crippen MR) is 109 cm³/mol. The second-order valence-corrected chi connectivity index (χ2v) is 7.76. The first kappa shape index (κ1) is 16.5. The summed E-state index contributed by atoms with van der Waals surface area (Å²) in [5, 5.41) is 5.35. The highest BCUT2D eigenvalue weighted by atomic mass is 35.5. The monoisotopic (exact) mass is 374 g/mol. The van der Waals surface area contributed by atoms with Crippen molar-refractivity contribution >= 4 is 34.0 Å². The Morgan fingerprint density at radius 3 is 2.67 bits per heavy atom. The highest BCUT2D eigenvalue weighted by molar-refractivity contribution is 6.30. The third kappa shape index (κ3) is 2.65. The molecule has 1 unspecified atom stereocenters. The van der Waals surface area contributed by atoms with Gasteiger partial charge in [-0.1, -0.05) is 29.8 Å². The summed E-state index contributed by atoms with van der Waals surface area (Å²) in [6, 6.07) is 16.2. The smallest absolute Gasteiger partial charge is 0.161 e. The average Bonchev–Trinajstić information content (AvgIpc) is 2.67. The Morgan fingerprint density at radius 2 is 1.85 bits per heavy atom. The number of carbonyl (C=O) groups excluding carboxylic acids is 1. The van der Waals surface area contributed by atoms with E-state index in [1.165, 1.54) is 0 Å². The largest absolute Gasteiger partial charge is 0.358 e. The molecule has 0 radical (unpaired) electrons. The maximum absolute atomic E-state index is 12.9. The molecule has 0 fully saturated rings. The van der Waals surface area contributed by atoms with Crippen LogP contribution in [0.4, 0.5) is 5.69 Å². The molecule has 0 spiro atoms. The van der Waals surface area contributed by atoms with Gasteiger partial charge in [0.25, 0.3) is 0 Å². The molecule has 1 N–H and O–H groups in total. The second-order valence-electron chi connectivity index (χ2n) is 7.32. The number of hydrogen-bond acceptors (Lipinski definition) is 3. The van der Waals surface area contributed by atoms with Gasteiger partial charge in [-0.2, -0.15) is 0 Å². The molecular weight excluding hydrogens is 356 g/mol. The minimum atomic E-state index is -0.0884. The second kappa shape index (κ2) is 6.21. The van der Waals surface area contributed by atoms with Crippen LogP contribution in [0.2, 0.25) is 5.02 Å². The molecule has 2 aromatic carbocycles. The van der Waals surface area contributed by atoms with Gasteiger partial charge in [-0.15, -0.1) is 0 Å². The summed E-state index contributed by atoms with van der Waals surface area (Å²) in [5.74, 6) is 0.154. The number of carbonyl (C=O) groups is 1. The van der Waals surface area contributed by atoms with Gasteiger partial charge in [-0.25, -0.2) is 0 Å². The van der Waals surface area contributed by atoms with Crippen molar-refractivity contribution in [2.45, 2.75) is 32.1 Å². The van der Waals surface area contributed by atoms with Crippen molar-refractivity contribution in [3.8, 4) is 0 Å². The highest BCUT2D eigenvalue weighted by Crippen LogP contribution is 2.47. The Morgan fingerprint density at radius 1 is 1.04 bits per heavy atom. The molecule has 0 saturated carbocycles. The summed E-state index contributed by atoms with van der Waals surface area (Å²) in [7, 11) is 0. The number of aryl methyl sites for hydroxylation is 1. The predicted octanol–water partition coefficient (Wildman–Crippen LogP) is 5.76. The average molecular weight is 375 g/mol. The molecule has 0 amide bonds. The van der Waals surface area contributed by atoms with Crippen LogP contribution in [0.5, 0.6) is 0 Å². The zero-order valence-corrected chi connectivity index (χ0v) is 15.8. The van der Waals surface area contributed by atoms with Crippen LogP contribution in [0.3, 0.4) is 0 Å². The van der Waals surface area contributed by atoms with Crippen LogP contribution < -0.4 is 5.32 Å². The van der Waals surface area contributed by atoms with E-state index < -0.39 is 0 Å². The van der Waals surface area contributed by atoms with Gasteiger partial charge >= 0.3 is 0 Å². The zero-order valence-electron chi connectivity index (χ0n) is 15.1. The molecule has 3 aromatic rings. The van der Waals surface area contributed by atoms with E-state index in [1.807, 2.05) is 37.3 Å². The molecule has 134 valence electrons. The summed E-state index contributed by atoms with van der Waals surface area (Å²) in [4.78, 5) is 17.6. The molecule has 5 rings (SSSR count). The molecule has 1 aliphatic carbocycles. The van der Waals surface area contributed by atoms with E-state index in [-0.39, 0.29) is 11.7 Å². The van der Waals surface area contributed by atoms with E-state index in [9.17, 15) is 4.79 Å². The molecule has 1 aromatic heterocycles. The summed E-state index contributed by atoms with van der Waals surface area (Å²) in [6.07, 6.45) is 2.43. The van der Waals surface area contributed by atoms with Crippen molar-refractivity contribution in [3.05, 3.63) is 81.6 Å². The van der Waals surface area contributed by atoms with Crippen LogP contribution in [0.15, 0.2) is 59.8 Å². The van der Waals surface area contributed by atoms with Crippen LogP contribution in [0.1, 0.15) is 42.0 Å². The van der Waals surface area contributed by atoms with Gasteiger partial charge in [0.05, 0.1) is 5.52 Å². The fourth-order valence-corrected chi connectivity index (χ4v) is 4.50. The van der Waals surface area contributed by atoms with Gasteiger partial charge in [0.15, 0.2) is 5.78 Å². The number of benzene rings is 2. The first-order valence-corrected chi connectivity index (χ1v) is 9.68. The quantitative estimate of drug-likeness (QED) is 0.588. The van der Waals surface area contributed by atoms with Crippen molar-refractivity contribution in [1.29, 1.82) is 0 Å².